The summed E-state index contributed by atoms with van der Waals surface area (Å²) < 4.78 is 0. The second-order valence-electron chi connectivity index (χ2n) is 10.6. The topological polar surface area (TPSA) is 0 Å². The fourth-order valence-corrected chi connectivity index (χ4v) is 10.0. The summed E-state index contributed by atoms with van der Waals surface area (Å²) in [6, 6.07) is 16.6. The van der Waals surface area contributed by atoms with Gasteiger partial charge in [0, 0.05) is 22.3 Å². The SMILES string of the molecule is CC(C)[Si](C#Cc1ccc(C#Cc2ccc(C#C[Si](C)(C)C)cc2)cc1)(C(C)C)C(C)C. The summed E-state index contributed by atoms with van der Waals surface area (Å²) in [4.78, 5) is 0. The van der Waals surface area contributed by atoms with Crippen LogP contribution in [-0.4, -0.2) is 16.1 Å². The summed E-state index contributed by atoms with van der Waals surface area (Å²) in [5, 5.41) is 0. The first kappa shape index (κ1) is 25.8. The van der Waals surface area contributed by atoms with E-state index in [1.807, 2.05) is 0 Å². The van der Waals surface area contributed by atoms with Crippen LogP contribution in [-0.2, 0) is 0 Å². The first-order valence-corrected chi connectivity index (χ1v) is 17.5. The van der Waals surface area contributed by atoms with Crippen LogP contribution < -0.4 is 0 Å². The molecule has 166 valence electrons. The molecular formula is C30H38Si2. The van der Waals surface area contributed by atoms with E-state index in [0.717, 1.165) is 22.3 Å². The van der Waals surface area contributed by atoms with Crippen LogP contribution >= 0.6 is 0 Å². The summed E-state index contributed by atoms with van der Waals surface area (Å²) >= 11 is 0. The lowest BCUT2D eigenvalue weighted by atomic mass is 10.1. The molecule has 0 amide bonds. The average Bonchev–Trinajstić information content (AvgIpc) is 2.71. The molecule has 0 aliphatic carbocycles. The van der Waals surface area contributed by atoms with E-state index in [1.54, 1.807) is 0 Å². The molecule has 0 aromatic heterocycles. The third kappa shape index (κ3) is 7.03. The molecule has 2 aromatic carbocycles. The van der Waals surface area contributed by atoms with Crippen molar-refractivity contribution < 1.29 is 0 Å². The molecule has 0 spiro atoms. The van der Waals surface area contributed by atoms with Crippen LogP contribution in [0.1, 0.15) is 63.8 Å². The Balaban J connectivity index is 2.18. The minimum absolute atomic E-state index is 0.646. The van der Waals surface area contributed by atoms with Crippen LogP contribution in [0.25, 0.3) is 0 Å². The van der Waals surface area contributed by atoms with E-state index in [4.69, 9.17) is 0 Å². The Kier molecular flexibility index (Phi) is 8.81. The van der Waals surface area contributed by atoms with Crippen molar-refractivity contribution in [2.75, 3.05) is 0 Å². The molecule has 0 atom stereocenters. The van der Waals surface area contributed by atoms with E-state index >= 15 is 0 Å². The number of rotatable bonds is 3. The average molecular weight is 455 g/mol. The lowest BCUT2D eigenvalue weighted by Crippen LogP contribution is -2.43. The molecule has 0 heterocycles. The zero-order valence-corrected chi connectivity index (χ0v) is 23.4. The van der Waals surface area contributed by atoms with Crippen LogP contribution in [0.5, 0.6) is 0 Å². The Bertz CT molecular complexity index is 1050. The standard InChI is InChI=1S/C30H38Si2/c1-24(2)32(25(3)4,26(5)6)23-21-30-18-14-28(15-19-30)11-10-27-12-16-29(17-13-27)20-22-31(7,8)9/h12-19,24-26H,1-9H3. The predicted molar refractivity (Wildman–Crippen MR) is 147 cm³/mol. The van der Waals surface area contributed by atoms with Crippen molar-refractivity contribution in [2.45, 2.75) is 77.8 Å². The Labute approximate surface area is 199 Å². The molecule has 2 heteroatoms. The molecule has 0 radical (unpaired) electrons. The second-order valence-corrected chi connectivity index (χ2v) is 20.9. The molecule has 0 N–H and O–H groups in total. The van der Waals surface area contributed by atoms with Crippen LogP contribution in [0.15, 0.2) is 48.5 Å². The minimum Gasteiger partial charge on any atom is -0.127 e. The van der Waals surface area contributed by atoms with Gasteiger partial charge in [0.15, 0.2) is 0 Å². The van der Waals surface area contributed by atoms with Gasteiger partial charge in [-0.2, -0.15) is 0 Å². The number of benzene rings is 2. The van der Waals surface area contributed by atoms with E-state index in [0.29, 0.717) is 16.6 Å². The summed E-state index contributed by atoms with van der Waals surface area (Å²) in [6.07, 6.45) is 0. The first-order chi connectivity index (χ1) is 14.9. The fourth-order valence-electron chi connectivity index (χ4n) is 4.29. The van der Waals surface area contributed by atoms with Crippen molar-refractivity contribution in [1.29, 1.82) is 0 Å². The minimum atomic E-state index is -1.70. The molecule has 0 aliphatic rings. The van der Waals surface area contributed by atoms with Gasteiger partial charge in [0.2, 0.25) is 0 Å². The van der Waals surface area contributed by atoms with Crippen molar-refractivity contribution in [2.24, 2.45) is 0 Å². The van der Waals surface area contributed by atoms with Gasteiger partial charge >= 0.3 is 0 Å². The largest absolute Gasteiger partial charge is 0.146 e. The van der Waals surface area contributed by atoms with Gasteiger partial charge in [0.25, 0.3) is 0 Å². The van der Waals surface area contributed by atoms with Crippen LogP contribution in [0.4, 0.5) is 0 Å². The zero-order chi connectivity index (χ0) is 23.9. The Hall–Kier alpha value is -2.45. The van der Waals surface area contributed by atoms with E-state index in [2.05, 4.69) is 144 Å². The number of hydrogen-bond donors (Lipinski definition) is 0. The third-order valence-electron chi connectivity index (χ3n) is 5.99. The molecule has 0 nitrogen and oxygen atoms in total. The Morgan fingerprint density at radius 3 is 1.03 bits per heavy atom. The predicted octanol–water partition coefficient (Wildman–Crippen LogP) is 7.88. The molecular weight excluding hydrogens is 417 g/mol. The highest BCUT2D eigenvalue weighted by molar-refractivity contribution is 6.90. The van der Waals surface area contributed by atoms with Gasteiger partial charge in [-0.1, -0.05) is 84.9 Å². The smallest absolute Gasteiger partial charge is 0.127 e. The molecule has 0 saturated carbocycles. The molecule has 2 rings (SSSR count). The fraction of sp³-hybridized carbons (Fsp3) is 0.400. The highest BCUT2D eigenvalue weighted by Gasteiger charge is 2.41. The second kappa shape index (κ2) is 10.9. The highest BCUT2D eigenvalue weighted by Crippen LogP contribution is 2.40. The van der Waals surface area contributed by atoms with Crippen molar-refractivity contribution in [3.63, 3.8) is 0 Å². The van der Waals surface area contributed by atoms with Crippen molar-refractivity contribution in [1.82, 2.24) is 0 Å². The lowest BCUT2D eigenvalue weighted by Gasteiger charge is -2.38. The Morgan fingerprint density at radius 1 is 0.469 bits per heavy atom. The van der Waals surface area contributed by atoms with Crippen molar-refractivity contribution in [3.05, 3.63) is 70.8 Å². The third-order valence-corrected chi connectivity index (χ3v) is 13.2. The molecule has 0 fully saturated rings. The monoisotopic (exact) mass is 454 g/mol. The summed E-state index contributed by atoms with van der Waals surface area (Å²) in [6.45, 7) is 20.9. The van der Waals surface area contributed by atoms with Crippen LogP contribution in [0.2, 0.25) is 36.3 Å². The maximum absolute atomic E-state index is 3.79. The van der Waals surface area contributed by atoms with E-state index in [-0.39, 0.29) is 0 Å². The molecule has 0 bridgehead atoms. The van der Waals surface area contributed by atoms with Gasteiger partial charge in [0.1, 0.15) is 16.1 Å². The van der Waals surface area contributed by atoms with Crippen LogP contribution in [0, 0.1) is 34.8 Å². The van der Waals surface area contributed by atoms with Gasteiger partial charge in [-0.25, -0.2) is 0 Å². The molecule has 0 aliphatic heterocycles. The number of hydrogen-bond acceptors (Lipinski definition) is 0. The van der Waals surface area contributed by atoms with Crippen molar-refractivity contribution >= 4 is 16.1 Å². The van der Waals surface area contributed by atoms with Gasteiger partial charge < -0.3 is 0 Å². The lowest BCUT2D eigenvalue weighted by molar-refractivity contribution is 0.838. The highest BCUT2D eigenvalue weighted by atomic mass is 28.3. The summed E-state index contributed by atoms with van der Waals surface area (Å²) in [7, 11) is -3.05. The van der Waals surface area contributed by atoms with Crippen LogP contribution in [0.3, 0.4) is 0 Å². The van der Waals surface area contributed by atoms with E-state index < -0.39 is 16.1 Å². The maximum atomic E-state index is 3.79. The summed E-state index contributed by atoms with van der Waals surface area (Å²) in [5.74, 6) is 13.3. The van der Waals surface area contributed by atoms with Gasteiger partial charge in [-0.05, 0) is 65.2 Å². The molecule has 2 aromatic rings. The van der Waals surface area contributed by atoms with E-state index in [1.165, 1.54) is 0 Å². The Morgan fingerprint density at radius 2 is 0.750 bits per heavy atom. The zero-order valence-electron chi connectivity index (χ0n) is 21.4. The van der Waals surface area contributed by atoms with Gasteiger partial charge in [-0.15, -0.1) is 11.1 Å². The normalized spacial score (nSPS) is 11.4. The molecule has 0 unspecified atom stereocenters. The van der Waals surface area contributed by atoms with Crippen molar-refractivity contribution in [3.8, 4) is 34.8 Å². The molecule has 32 heavy (non-hydrogen) atoms. The van der Waals surface area contributed by atoms with Gasteiger partial charge in [-0.3, -0.25) is 0 Å². The molecule has 0 saturated heterocycles. The first-order valence-electron chi connectivity index (χ1n) is 11.7. The maximum Gasteiger partial charge on any atom is 0.146 e. The summed E-state index contributed by atoms with van der Waals surface area (Å²) in [5.41, 5.74) is 13.3. The van der Waals surface area contributed by atoms with E-state index in [9.17, 15) is 0 Å². The quantitative estimate of drug-likeness (QED) is 0.327. The van der Waals surface area contributed by atoms with Gasteiger partial charge in [0.05, 0.1) is 0 Å².